The summed E-state index contributed by atoms with van der Waals surface area (Å²) < 4.78 is 5.36. The third-order valence-electron chi connectivity index (χ3n) is 2.17. The van der Waals surface area contributed by atoms with E-state index in [0.717, 1.165) is 18.6 Å². The van der Waals surface area contributed by atoms with Crippen LogP contribution in [0.25, 0.3) is 0 Å². The van der Waals surface area contributed by atoms with Crippen molar-refractivity contribution < 1.29 is 9.53 Å². The Balaban J connectivity index is 2.45. The van der Waals surface area contributed by atoms with E-state index in [1.54, 1.807) is 0 Å². The molecule has 15 heavy (non-hydrogen) atoms. The molecule has 0 aromatic rings. The summed E-state index contributed by atoms with van der Waals surface area (Å²) in [6.07, 6.45) is 1.92. The standard InChI is InChI=1S/C11H21NO2S/c1-5-9-12-8(6-7-15-9)10(13)14-11(2,3)4/h8-9,12H,5-7H2,1-4H3. The second kappa shape index (κ2) is 5.21. The van der Waals surface area contributed by atoms with Crippen molar-refractivity contribution in [2.75, 3.05) is 5.75 Å². The summed E-state index contributed by atoms with van der Waals surface area (Å²) in [4.78, 5) is 11.8. The van der Waals surface area contributed by atoms with Crippen molar-refractivity contribution in [3.05, 3.63) is 0 Å². The van der Waals surface area contributed by atoms with Crippen molar-refractivity contribution in [2.24, 2.45) is 0 Å². The van der Waals surface area contributed by atoms with Crippen molar-refractivity contribution in [1.29, 1.82) is 0 Å². The first-order valence-electron chi connectivity index (χ1n) is 5.53. The van der Waals surface area contributed by atoms with Gasteiger partial charge in [-0.25, -0.2) is 0 Å². The van der Waals surface area contributed by atoms with Gasteiger partial charge in [-0.2, -0.15) is 0 Å². The number of nitrogens with one attached hydrogen (secondary N) is 1. The van der Waals surface area contributed by atoms with E-state index >= 15 is 0 Å². The van der Waals surface area contributed by atoms with Crippen LogP contribution in [0.15, 0.2) is 0 Å². The minimum absolute atomic E-state index is 0.110. The fourth-order valence-electron chi connectivity index (χ4n) is 1.48. The van der Waals surface area contributed by atoms with Gasteiger partial charge in [0.05, 0.1) is 5.37 Å². The van der Waals surface area contributed by atoms with Gasteiger partial charge in [0.15, 0.2) is 0 Å². The minimum Gasteiger partial charge on any atom is -0.459 e. The first-order chi connectivity index (χ1) is 6.92. The number of thioether (sulfide) groups is 1. The molecule has 1 N–H and O–H groups in total. The molecule has 1 heterocycles. The van der Waals surface area contributed by atoms with Crippen LogP contribution >= 0.6 is 11.8 Å². The highest BCUT2D eigenvalue weighted by molar-refractivity contribution is 7.99. The predicted molar refractivity (Wildman–Crippen MR) is 63.9 cm³/mol. The van der Waals surface area contributed by atoms with E-state index in [2.05, 4.69) is 12.2 Å². The first kappa shape index (κ1) is 12.8. The zero-order chi connectivity index (χ0) is 11.5. The average molecular weight is 231 g/mol. The van der Waals surface area contributed by atoms with Crippen LogP contribution in [0.5, 0.6) is 0 Å². The number of ether oxygens (including phenoxy) is 1. The van der Waals surface area contributed by atoms with E-state index in [1.807, 2.05) is 32.5 Å². The molecule has 0 radical (unpaired) electrons. The van der Waals surface area contributed by atoms with Crippen LogP contribution in [0.4, 0.5) is 0 Å². The van der Waals surface area contributed by atoms with Crippen molar-refractivity contribution in [3.8, 4) is 0 Å². The van der Waals surface area contributed by atoms with Crippen LogP contribution in [-0.2, 0) is 9.53 Å². The molecule has 0 bridgehead atoms. The largest absolute Gasteiger partial charge is 0.459 e. The van der Waals surface area contributed by atoms with Crippen LogP contribution in [0, 0.1) is 0 Å². The second-order valence-electron chi connectivity index (χ2n) is 4.81. The van der Waals surface area contributed by atoms with E-state index < -0.39 is 0 Å². The predicted octanol–water partition coefficient (Wildman–Crippen LogP) is 2.16. The maximum atomic E-state index is 11.8. The van der Waals surface area contributed by atoms with Gasteiger partial charge in [0.25, 0.3) is 0 Å². The lowest BCUT2D eigenvalue weighted by Gasteiger charge is -2.30. The molecule has 3 nitrogen and oxygen atoms in total. The number of esters is 1. The molecular formula is C11H21NO2S. The Morgan fingerprint density at radius 1 is 1.53 bits per heavy atom. The van der Waals surface area contributed by atoms with Gasteiger partial charge in [-0.1, -0.05) is 6.92 Å². The Morgan fingerprint density at radius 3 is 2.73 bits per heavy atom. The average Bonchev–Trinajstić information content (AvgIpc) is 2.15. The van der Waals surface area contributed by atoms with Crippen molar-refractivity contribution in [3.63, 3.8) is 0 Å². The van der Waals surface area contributed by atoms with E-state index in [-0.39, 0.29) is 17.6 Å². The normalized spacial score (nSPS) is 27.5. The highest BCUT2D eigenvalue weighted by Crippen LogP contribution is 2.22. The summed E-state index contributed by atoms with van der Waals surface area (Å²) in [5, 5.41) is 3.71. The monoisotopic (exact) mass is 231 g/mol. The Bertz CT molecular complexity index is 225. The van der Waals surface area contributed by atoms with Gasteiger partial charge in [-0.3, -0.25) is 10.1 Å². The van der Waals surface area contributed by atoms with Crippen LogP contribution in [0.1, 0.15) is 40.5 Å². The minimum atomic E-state index is -0.384. The fraction of sp³-hybridized carbons (Fsp3) is 0.909. The lowest BCUT2D eigenvalue weighted by molar-refractivity contribution is -0.157. The Morgan fingerprint density at radius 2 is 2.20 bits per heavy atom. The molecule has 0 amide bonds. The molecule has 1 saturated heterocycles. The smallest absolute Gasteiger partial charge is 0.323 e. The molecule has 2 unspecified atom stereocenters. The number of hydrogen-bond donors (Lipinski definition) is 1. The Labute approximate surface area is 96.3 Å². The number of carbonyl (C=O) groups excluding carboxylic acids is 1. The maximum Gasteiger partial charge on any atom is 0.323 e. The van der Waals surface area contributed by atoms with Gasteiger partial charge in [-0.15, -0.1) is 11.8 Å². The van der Waals surface area contributed by atoms with Crippen LogP contribution in [0.2, 0.25) is 0 Å². The topological polar surface area (TPSA) is 38.3 Å². The molecule has 0 aromatic heterocycles. The van der Waals surface area contributed by atoms with Gasteiger partial charge in [0.1, 0.15) is 11.6 Å². The van der Waals surface area contributed by atoms with E-state index in [1.165, 1.54) is 0 Å². The molecule has 2 atom stereocenters. The number of rotatable bonds is 2. The molecule has 0 spiro atoms. The van der Waals surface area contributed by atoms with Crippen molar-refractivity contribution >= 4 is 17.7 Å². The highest BCUT2D eigenvalue weighted by atomic mass is 32.2. The summed E-state index contributed by atoms with van der Waals surface area (Å²) >= 11 is 1.88. The van der Waals surface area contributed by atoms with Crippen molar-refractivity contribution in [2.45, 2.75) is 57.6 Å². The summed E-state index contributed by atoms with van der Waals surface area (Å²) in [5.41, 5.74) is -0.384. The van der Waals surface area contributed by atoms with E-state index in [4.69, 9.17) is 4.74 Å². The highest BCUT2D eigenvalue weighted by Gasteiger charge is 2.29. The molecule has 0 saturated carbocycles. The van der Waals surface area contributed by atoms with Gasteiger partial charge in [-0.05, 0) is 39.4 Å². The third kappa shape index (κ3) is 4.43. The summed E-state index contributed by atoms with van der Waals surface area (Å²) in [6, 6.07) is -0.115. The van der Waals surface area contributed by atoms with Gasteiger partial charge in [0, 0.05) is 0 Å². The Hall–Kier alpha value is -0.220. The SMILES string of the molecule is CCC1NC(C(=O)OC(C)(C)C)CCS1. The quantitative estimate of drug-likeness (QED) is 0.739. The second-order valence-corrected chi connectivity index (χ2v) is 6.12. The van der Waals surface area contributed by atoms with Crippen LogP contribution in [0.3, 0.4) is 0 Å². The van der Waals surface area contributed by atoms with Crippen LogP contribution < -0.4 is 5.32 Å². The fourth-order valence-corrected chi connectivity index (χ4v) is 2.63. The van der Waals surface area contributed by atoms with Gasteiger partial charge >= 0.3 is 5.97 Å². The van der Waals surface area contributed by atoms with E-state index in [0.29, 0.717) is 5.37 Å². The summed E-state index contributed by atoms with van der Waals surface area (Å²) in [5.74, 6) is 0.927. The molecule has 1 aliphatic rings. The molecule has 1 rings (SSSR count). The van der Waals surface area contributed by atoms with Crippen LogP contribution in [-0.4, -0.2) is 28.7 Å². The lowest BCUT2D eigenvalue weighted by Crippen LogP contribution is -2.47. The molecular weight excluding hydrogens is 210 g/mol. The number of carbonyl (C=O) groups is 1. The first-order valence-corrected chi connectivity index (χ1v) is 6.58. The summed E-state index contributed by atoms with van der Waals surface area (Å²) in [7, 11) is 0. The third-order valence-corrected chi connectivity index (χ3v) is 3.52. The van der Waals surface area contributed by atoms with E-state index in [9.17, 15) is 4.79 Å². The summed E-state index contributed by atoms with van der Waals surface area (Å²) in [6.45, 7) is 7.83. The zero-order valence-electron chi connectivity index (χ0n) is 10.0. The molecule has 1 fully saturated rings. The number of hydrogen-bond acceptors (Lipinski definition) is 4. The molecule has 88 valence electrons. The van der Waals surface area contributed by atoms with Crippen molar-refractivity contribution in [1.82, 2.24) is 5.32 Å². The maximum absolute atomic E-state index is 11.8. The Kier molecular flexibility index (Phi) is 4.46. The van der Waals surface area contributed by atoms with Gasteiger partial charge < -0.3 is 4.74 Å². The zero-order valence-corrected chi connectivity index (χ0v) is 10.8. The van der Waals surface area contributed by atoms with Gasteiger partial charge in [0.2, 0.25) is 0 Å². The lowest BCUT2D eigenvalue weighted by atomic mass is 10.1. The molecule has 0 aromatic carbocycles. The molecule has 1 aliphatic heterocycles. The molecule has 0 aliphatic carbocycles. The molecule has 4 heteroatoms.